The minimum Gasteiger partial charge on any atom is -0.258 e. The van der Waals surface area contributed by atoms with Crippen molar-refractivity contribution in [3.8, 4) is 0 Å². The van der Waals surface area contributed by atoms with Crippen LogP contribution in [0.3, 0.4) is 0 Å². The number of nitro groups is 1. The number of nitro benzene ring substituents is 1. The fourth-order valence-electron chi connectivity index (χ4n) is 2.06. The first-order chi connectivity index (χ1) is 11.4. The Bertz CT molecular complexity index is 779. The quantitative estimate of drug-likeness (QED) is 0.298. The zero-order chi connectivity index (χ0) is 17.6. The third-order valence-corrected chi connectivity index (χ3v) is 6.68. The Morgan fingerprint density at radius 3 is 2.29 bits per heavy atom. The van der Waals surface area contributed by atoms with Gasteiger partial charge in [0.05, 0.1) is 21.8 Å². The van der Waals surface area contributed by atoms with E-state index >= 15 is 0 Å². The van der Waals surface area contributed by atoms with Crippen LogP contribution in [0, 0.1) is 10.1 Å². The molecule has 0 radical (unpaired) electrons. The maximum Gasteiger partial charge on any atom is 0.269 e. The number of sulfone groups is 1. The van der Waals surface area contributed by atoms with Gasteiger partial charge in [-0.25, -0.2) is 8.42 Å². The van der Waals surface area contributed by atoms with E-state index in [0.29, 0.717) is 5.75 Å². The van der Waals surface area contributed by atoms with Gasteiger partial charge < -0.3 is 0 Å². The topological polar surface area (TPSA) is 77.3 Å². The number of halogens is 1. The van der Waals surface area contributed by atoms with Gasteiger partial charge in [0.1, 0.15) is 0 Å². The second-order valence-corrected chi connectivity index (χ2v) is 9.02. The highest BCUT2D eigenvalue weighted by Gasteiger charge is 2.18. The normalized spacial score (nSPS) is 12.7. The van der Waals surface area contributed by atoms with Gasteiger partial charge in [-0.15, -0.1) is 23.4 Å². The highest BCUT2D eigenvalue weighted by molar-refractivity contribution is 7.99. The Kier molecular flexibility index (Phi) is 6.65. The van der Waals surface area contributed by atoms with Crippen LogP contribution in [0.4, 0.5) is 5.69 Å². The van der Waals surface area contributed by atoms with Crippen LogP contribution in [0.25, 0.3) is 0 Å². The molecule has 2 rings (SSSR count). The Balaban J connectivity index is 1.86. The van der Waals surface area contributed by atoms with Gasteiger partial charge in [-0.1, -0.05) is 30.3 Å². The molecule has 8 heteroatoms. The molecule has 0 aliphatic heterocycles. The van der Waals surface area contributed by atoms with Crippen molar-refractivity contribution in [2.45, 2.75) is 16.0 Å². The van der Waals surface area contributed by atoms with Crippen LogP contribution in [0.15, 0.2) is 59.5 Å². The van der Waals surface area contributed by atoms with Crippen LogP contribution >= 0.6 is 23.4 Å². The lowest BCUT2D eigenvalue weighted by Crippen LogP contribution is -2.19. The van der Waals surface area contributed by atoms with E-state index in [0.717, 1.165) is 10.5 Å². The molecule has 24 heavy (non-hydrogen) atoms. The first kappa shape index (κ1) is 18.8. The van der Waals surface area contributed by atoms with Gasteiger partial charge in [0.25, 0.3) is 5.69 Å². The van der Waals surface area contributed by atoms with Crippen molar-refractivity contribution >= 4 is 38.9 Å². The van der Waals surface area contributed by atoms with Crippen molar-refractivity contribution in [3.63, 3.8) is 0 Å². The maximum absolute atomic E-state index is 12.2. The smallest absolute Gasteiger partial charge is 0.258 e. The van der Waals surface area contributed by atoms with E-state index in [9.17, 15) is 18.5 Å². The van der Waals surface area contributed by atoms with E-state index in [1.54, 1.807) is 36.4 Å². The second kappa shape index (κ2) is 8.50. The number of alkyl halides is 1. The summed E-state index contributed by atoms with van der Waals surface area (Å²) in [5.74, 6) is 0.274. The molecule has 128 valence electrons. The highest BCUT2D eigenvalue weighted by Crippen LogP contribution is 2.24. The first-order valence-electron chi connectivity index (χ1n) is 7.11. The SMILES string of the molecule is O=[N+]([O-])c1ccc(SC[C@@H](Cl)CS(=O)(=O)Cc2ccccc2)cc1. The number of rotatable bonds is 8. The number of hydrogen-bond acceptors (Lipinski definition) is 5. The maximum atomic E-state index is 12.2. The summed E-state index contributed by atoms with van der Waals surface area (Å²) >= 11 is 7.53. The predicted molar refractivity (Wildman–Crippen MR) is 97.4 cm³/mol. The largest absolute Gasteiger partial charge is 0.269 e. The van der Waals surface area contributed by atoms with Crippen molar-refractivity contribution in [2.24, 2.45) is 0 Å². The second-order valence-electron chi connectivity index (χ2n) is 5.20. The number of benzene rings is 2. The summed E-state index contributed by atoms with van der Waals surface area (Å²) in [6, 6.07) is 15.1. The molecule has 0 N–H and O–H groups in total. The van der Waals surface area contributed by atoms with E-state index < -0.39 is 20.1 Å². The van der Waals surface area contributed by atoms with Crippen molar-refractivity contribution in [1.82, 2.24) is 0 Å². The van der Waals surface area contributed by atoms with Gasteiger partial charge in [0, 0.05) is 22.8 Å². The molecule has 0 fully saturated rings. The Morgan fingerprint density at radius 1 is 1.08 bits per heavy atom. The lowest BCUT2D eigenvalue weighted by atomic mass is 10.2. The molecule has 0 unspecified atom stereocenters. The molecule has 0 saturated heterocycles. The van der Waals surface area contributed by atoms with Crippen molar-refractivity contribution in [1.29, 1.82) is 0 Å². The van der Waals surface area contributed by atoms with Crippen LogP contribution in [-0.2, 0) is 15.6 Å². The summed E-state index contributed by atoms with van der Waals surface area (Å²) in [6.45, 7) is 0. The molecule has 0 heterocycles. The standard InChI is InChI=1S/C16H16ClNO4S2/c17-14(10-23-16-8-6-15(7-9-16)18(19)20)12-24(21,22)11-13-4-2-1-3-5-13/h1-9,14H,10-12H2/t14-/m1/s1. The molecule has 2 aromatic rings. The molecule has 0 aromatic heterocycles. The lowest BCUT2D eigenvalue weighted by Gasteiger charge is -2.10. The minimum absolute atomic E-state index is 0.0206. The molecule has 0 bridgehead atoms. The van der Waals surface area contributed by atoms with Crippen LogP contribution in [-0.4, -0.2) is 30.2 Å². The number of non-ortho nitro benzene ring substituents is 1. The molecule has 0 spiro atoms. The summed E-state index contributed by atoms with van der Waals surface area (Å²) in [6.07, 6.45) is 0. The van der Waals surface area contributed by atoms with Gasteiger partial charge in [-0.05, 0) is 17.7 Å². The fourth-order valence-corrected chi connectivity index (χ4v) is 5.28. The predicted octanol–water partition coefficient (Wildman–Crippen LogP) is 3.91. The summed E-state index contributed by atoms with van der Waals surface area (Å²) < 4.78 is 24.3. The third kappa shape index (κ3) is 6.14. The van der Waals surface area contributed by atoms with Crippen molar-refractivity contribution < 1.29 is 13.3 Å². The zero-order valence-electron chi connectivity index (χ0n) is 12.7. The molecule has 0 amide bonds. The van der Waals surface area contributed by atoms with Crippen LogP contribution in [0.2, 0.25) is 0 Å². The summed E-state index contributed by atoms with van der Waals surface area (Å²) in [7, 11) is -3.29. The lowest BCUT2D eigenvalue weighted by molar-refractivity contribution is -0.384. The van der Waals surface area contributed by atoms with Crippen molar-refractivity contribution in [3.05, 3.63) is 70.3 Å². The Labute approximate surface area is 150 Å². The number of nitrogens with zero attached hydrogens (tertiary/aromatic N) is 1. The molecule has 1 atom stereocenters. The minimum atomic E-state index is -3.29. The van der Waals surface area contributed by atoms with Gasteiger partial charge in [0.2, 0.25) is 0 Å². The van der Waals surface area contributed by atoms with Gasteiger partial charge in [-0.3, -0.25) is 10.1 Å². The molecule has 0 saturated carbocycles. The van der Waals surface area contributed by atoms with Crippen molar-refractivity contribution in [2.75, 3.05) is 11.5 Å². The fraction of sp³-hybridized carbons (Fsp3) is 0.250. The van der Waals surface area contributed by atoms with E-state index in [-0.39, 0.29) is 17.2 Å². The highest BCUT2D eigenvalue weighted by atomic mass is 35.5. The number of hydrogen-bond donors (Lipinski definition) is 0. The van der Waals surface area contributed by atoms with Crippen LogP contribution < -0.4 is 0 Å². The van der Waals surface area contributed by atoms with Crippen LogP contribution in [0.1, 0.15) is 5.56 Å². The number of thioether (sulfide) groups is 1. The van der Waals surface area contributed by atoms with Gasteiger partial charge >= 0.3 is 0 Å². The molecular weight excluding hydrogens is 370 g/mol. The van der Waals surface area contributed by atoms with E-state index in [2.05, 4.69) is 0 Å². The molecule has 2 aromatic carbocycles. The van der Waals surface area contributed by atoms with E-state index in [4.69, 9.17) is 11.6 Å². The van der Waals surface area contributed by atoms with Crippen LogP contribution in [0.5, 0.6) is 0 Å². The molecule has 5 nitrogen and oxygen atoms in total. The average molecular weight is 386 g/mol. The summed E-state index contributed by atoms with van der Waals surface area (Å²) in [5, 5.41) is 10.1. The molecular formula is C16H16ClNO4S2. The Morgan fingerprint density at radius 2 is 1.71 bits per heavy atom. The van der Waals surface area contributed by atoms with Gasteiger partial charge in [-0.2, -0.15) is 0 Å². The molecule has 0 aliphatic carbocycles. The Hall–Kier alpha value is -1.57. The summed E-state index contributed by atoms with van der Waals surface area (Å²) in [4.78, 5) is 10.9. The van der Waals surface area contributed by atoms with E-state index in [1.807, 2.05) is 6.07 Å². The summed E-state index contributed by atoms with van der Waals surface area (Å²) in [5.41, 5.74) is 0.761. The monoisotopic (exact) mass is 385 g/mol. The van der Waals surface area contributed by atoms with Gasteiger partial charge in [0.15, 0.2) is 9.84 Å². The average Bonchev–Trinajstić information content (AvgIpc) is 2.53. The third-order valence-electron chi connectivity index (χ3n) is 3.14. The molecule has 0 aliphatic rings. The first-order valence-corrected chi connectivity index (χ1v) is 10.4. The van der Waals surface area contributed by atoms with E-state index in [1.165, 1.54) is 23.9 Å². The zero-order valence-corrected chi connectivity index (χ0v) is 15.1.